The number of nitrogens with zero attached hydrogens (tertiary/aromatic N) is 2. The average Bonchev–Trinajstić information content (AvgIpc) is 2.70. The van der Waals surface area contributed by atoms with Crippen LogP contribution in [0.4, 0.5) is 10.5 Å². The van der Waals surface area contributed by atoms with Crippen molar-refractivity contribution in [1.29, 1.82) is 0 Å². The van der Waals surface area contributed by atoms with Crippen molar-refractivity contribution in [1.82, 2.24) is 9.47 Å². The number of carbonyl (C=O) groups is 2. The highest BCUT2D eigenvalue weighted by Gasteiger charge is 2.36. The fourth-order valence-corrected chi connectivity index (χ4v) is 4.35. The standard InChI is InChI=1S/C22H25N3O4/c1-2-29-21(27)11-15-6-8-18(9-7-15)23-22(28)24-12-16-10-17(14-24)19-4-3-5-20(26)25(19)13-16/h3-9,16-17H,2,10-14H2,1H3,(H,23,28)/t16-,17-/m0/s1. The first-order valence-corrected chi connectivity index (χ1v) is 10.0. The second-order valence-corrected chi connectivity index (χ2v) is 7.71. The SMILES string of the molecule is CCOC(=O)Cc1ccc(NC(=O)N2C[C@@H]3C[C@@H](C2)c2cccc(=O)n2C3)cc1. The Morgan fingerprint density at radius 2 is 1.90 bits per heavy atom. The Morgan fingerprint density at radius 3 is 2.66 bits per heavy atom. The second-order valence-electron chi connectivity index (χ2n) is 7.71. The van der Waals surface area contributed by atoms with Crippen LogP contribution >= 0.6 is 0 Å². The van der Waals surface area contributed by atoms with Crippen LogP contribution in [0, 0.1) is 5.92 Å². The van der Waals surface area contributed by atoms with Gasteiger partial charge in [-0.05, 0) is 43.0 Å². The molecule has 2 aliphatic heterocycles. The monoisotopic (exact) mass is 395 g/mol. The van der Waals surface area contributed by atoms with Gasteiger partial charge in [-0.15, -0.1) is 0 Å². The molecule has 2 amide bonds. The van der Waals surface area contributed by atoms with Gasteiger partial charge in [0.25, 0.3) is 5.56 Å². The molecule has 2 bridgehead atoms. The van der Waals surface area contributed by atoms with E-state index in [1.54, 1.807) is 31.2 Å². The third-order valence-corrected chi connectivity index (χ3v) is 5.63. The van der Waals surface area contributed by atoms with E-state index < -0.39 is 0 Å². The smallest absolute Gasteiger partial charge is 0.321 e. The number of anilines is 1. The van der Waals surface area contributed by atoms with E-state index in [0.717, 1.165) is 17.7 Å². The van der Waals surface area contributed by atoms with Crippen molar-refractivity contribution in [3.63, 3.8) is 0 Å². The molecule has 3 heterocycles. The highest BCUT2D eigenvalue weighted by atomic mass is 16.5. The van der Waals surface area contributed by atoms with Crippen LogP contribution in [0.5, 0.6) is 0 Å². The maximum Gasteiger partial charge on any atom is 0.321 e. The Balaban J connectivity index is 1.40. The molecular weight excluding hydrogens is 370 g/mol. The number of fused-ring (bicyclic) bond motifs is 4. The highest BCUT2D eigenvalue weighted by Crippen LogP contribution is 2.35. The zero-order valence-corrected chi connectivity index (χ0v) is 16.5. The molecule has 0 aliphatic carbocycles. The summed E-state index contributed by atoms with van der Waals surface area (Å²) in [6.07, 6.45) is 1.23. The molecule has 1 fully saturated rings. The lowest BCUT2D eigenvalue weighted by molar-refractivity contribution is -0.142. The molecule has 152 valence electrons. The Hall–Kier alpha value is -3.09. The van der Waals surface area contributed by atoms with Crippen molar-refractivity contribution in [3.05, 3.63) is 64.1 Å². The topological polar surface area (TPSA) is 80.6 Å². The van der Waals surface area contributed by atoms with Crippen molar-refractivity contribution in [2.45, 2.75) is 32.2 Å². The van der Waals surface area contributed by atoms with Crippen LogP contribution in [-0.2, 0) is 22.5 Å². The molecule has 0 unspecified atom stereocenters. The zero-order valence-electron chi connectivity index (χ0n) is 16.5. The molecule has 0 saturated carbocycles. The van der Waals surface area contributed by atoms with Gasteiger partial charge < -0.3 is 19.5 Å². The molecule has 2 atom stereocenters. The Bertz CT molecular complexity index is 967. The lowest BCUT2D eigenvalue weighted by Gasteiger charge is -2.42. The zero-order chi connectivity index (χ0) is 20.4. The summed E-state index contributed by atoms with van der Waals surface area (Å²) >= 11 is 0. The number of amides is 2. The number of hydrogen-bond acceptors (Lipinski definition) is 4. The molecule has 4 rings (SSSR count). The molecular formula is C22H25N3O4. The maximum atomic E-state index is 12.8. The van der Waals surface area contributed by atoms with Crippen LogP contribution < -0.4 is 10.9 Å². The lowest BCUT2D eigenvalue weighted by Crippen LogP contribution is -2.50. The van der Waals surface area contributed by atoms with Crippen LogP contribution in [-0.4, -0.2) is 41.2 Å². The Kier molecular flexibility index (Phi) is 5.38. The third-order valence-electron chi connectivity index (χ3n) is 5.63. The van der Waals surface area contributed by atoms with Gasteiger partial charge in [-0.1, -0.05) is 18.2 Å². The van der Waals surface area contributed by atoms with Crippen molar-refractivity contribution in [2.75, 3.05) is 25.0 Å². The van der Waals surface area contributed by atoms with Gasteiger partial charge in [0, 0.05) is 43.0 Å². The number of esters is 1. The average molecular weight is 395 g/mol. The predicted octanol–water partition coefficient (Wildman–Crippen LogP) is 2.61. The normalized spacial score (nSPS) is 20.0. The summed E-state index contributed by atoms with van der Waals surface area (Å²) in [6.45, 7) is 4.06. The van der Waals surface area contributed by atoms with E-state index in [1.165, 1.54) is 0 Å². The van der Waals surface area contributed by atoms with Gasteiger partial charge in [-0.3, -0.25) is 9.59 Å². The quantitative estimate of drug-likeness (QED) is 0.807. The first-order chi connectivity index (χ1) is 14.0. The number of benzene rings is 1. The van der Waals surface area contributed by atoms with Gasteiger partial charge in [0.2, 0.25) is 0 Å². The van der Waals surface area contributed by atoms with Crippen molar-refractivity contribution in [3.8, 4) is 0 Å². The minimum absolute atomic E-state index is 0.0398. The first-order valence-electron chi connectivity index (χ1n) is 10.0. The van der Waals surface area contributed by atoms with Gasteiger partial charge in [0.05, 0.1) is 13.0 Å². The molecule has 1 aromatic heterocycles. The summed E-state index contributed by atoms with van der Waals surface area (Å²) < 4.78 is 6.81. The summed E-state index contributed by atoms with van der Waals surface area (Å²) in [7, 11) is 0. The molecule has 2 aromatic rings. The number of carbonyl (C=O) groups excluding carboxylic acids is 2. The molecule has 2 aliphatic rings. The third kappa shape index (κ3) is 4.18. The minimum Gasteiger partial charge on any atom is -0.466 e. The van der Waals surface area contributed by atoms with E-state index in [2.05, 4.69) is 5.32 Å². The number of hydrogen-bond donors (Lipinski definition) is 1. The van der Waals surface area contributed by atoms with Crippen LogP contribution in [0.2, 0.25) is 0 Å². The summed E-state index contributed by atoms with van der Waals surface area (Å²) in [4.78, 5) is 38.3. The molecule has 1 saturated heterocycles. The van der Waals surface area contributed by atoms with Crippen molar-refractivity contribution >= 4 is 17.7 Å². The van der Waals surface area contributed by atoms with E-state index in [9.17, 15) is 14.4 Å². The van der Waals surface area contributed by atoms with Crippen molar-refractivity contribution in [2.24, 2.45) is 5.92 Å². The number of aromatic nitrogens is 1. The summed E-state index contributed by atoms with van der Waals surface area (Å²) in [5, 5.41) is 2.94. The number of urea groups is 1. The van der Waals surface area contributed by atoms with Crippen LogP contribution in [0.15, 0.2) is 47.3 Å². The van der Waals surface area contributed by atoms with E-state index in [0.29, 0.717) is 37.8 Å². The number of likely N-dealkylation sites (tertiary alicyclic amines) is 1. The number of ether oxygens (including phenoxy) is 1. The summed E-state index contributed by atoms with van der Waals surface area (Å²) in [5.41, 5.74) is 2.60. The molecule has 7 nitrogen and oxygen atoms in total. The molecule has 0 spiro atoms. The van der Waals surface area contributed by atoms with Gasteiger partial charge in [-0.25, -0.2) is 4.79 Å². The van der Waals surface area contributed by atoms with Crippen LogP contribution in [0.3, 0.4) is 0 Å². The van der Waals surface area contributed by atoms with Gasteiger partial charge >= 0.3 is 12.0 Å². The second kappa shape index (κ2) is 8.11. The largest absolute Gasteiger partial charge is 0.466 e. The number of nitrogens with one attached hydrogen (secondary N) is 1. The molecule has 29 heavy (non-hydrogen) atoms. The maximum absolute atomic E-state index is 12.8. The molecule has 1 N–H and O–H groups in total. The number of rotatable bonds is 4. The fraction of sp³-hybridized carbons (Fsp3) is 0.409. The molecule has 1 aromatic carbocycles. The van der Waals surface area contributed by atoms with Gasteiger partial charge in [-0.2, -0.15) is 0 Å². The van der Waals surface area contributed by atoms with E-state index >= 15 is 0 Å². The number of pyridine rings is 1. The van der Waals surface area contributed by atoms with Crippen LogP contribution in [0.25, 0.3) is 0 Å². The lowest BCUT2D eigenvalue weighted by atomic mass is 9.83. The molecule has 0 radical (unpaired) electrons. The van der Waals surface area contributed by atoms with E-state index in [1.807, 2.05) is 27.7 Å². The van der Waals surface area contributed by atoms with E-state index in [-0.39, 0.29) is 29.9 Å². The van der Waals surface area contributed by atoms with Gasteiger partial charge in [0.15, 0.2) is 0 Å². The van der Waals surface area contributed by atoms with Crippen LogP contribution in [0.1, 0.15) is 30.5 Å². The summed E-state index contributed by atoms with van der Waals surface area (Å²) in [6, 6.07) is 12.5. The highest BCUT2D eigenvalue weighted by molar-refractivity contribution is 5.89. The van der Waals surface area contributed by atoms with E-state index in [4.69, 9.17) is 4.74 Å². The van der Waals surface area contributed by atoms with Crippen molar-refractivity contribution < 1.29 is 14.3 Å². The molecule has 7 heteroatoms. The Labute approximate surface area is 169 Å². The summed E-state index contributed by atoms with van der Waals surface area (Å²) in [5.74, 6) is 0.219. The fourth-order valence-electron chi connectivity index (χ4n) is 4.35. The predicted molar refractivity (Wildman–Crippen MR) is 109 cm³/mol. The first kappa shape index (κ1) is 19.2. The van der Waals surface area contributed by atoms with Gasteiger partial charge in [0.1, 0.15) is 0 Å². The Morgan fingerprint density at radius 1 is 1.10 bits per heavy atom. The minimum atomic E-state index is -0.261. The number of piperidine rings is 1.